The maximum atomic E-state index is 5.87. The molecule has 0 aliphatic carbocycles. The fourth-order valence-electron chi connectivity index (χ4n) is 2.62. The van der Waals surface area contributed by atoms with Crippen LogP contribution < -0.4 is 5.73 Å². The van der Waals surface area contributed by atoms with Crippen molar-refractivity contribution in [3.8, 4) is 0 Å². The van der Waals surface area contributed by atoms with Gasteiger partial charge in [0.1, 0.15) is 0 Å². The third-order valence-corrected chi connectivity index (χ3v) is 4.11. The summed E-state index contributed by atoms with van der Waals surface area (Å²) in [6, 6.07) is 3.42. The lowest BCUT2D eigenvalue weighted by molar-refractivity contribution is 0.185. The molecule has 84 valence electrons. The van der Waals surface area contributed by atoms with Gasteiger partial charge in [0.15, 0.2) is 0 Å². The lowest BCUT2D eigenvalue weighted by Crippen LogP contribution is -2.33. The summed E-state index contributed by atoms with van der Waals surface area (Å²) in [4.78, 5) is 2.58. The molecule has 0 bridgehead atoms. The second-order valence-electron chi connectivity index (χ2n) is 4.62. The summed E-state index contributed by atoms with van der Waals surface area (Å²) in [5, 5.41) is 4.44. The van der Waals surface area contributed by atoms with Gasteiger partial charge in [-0.25, -0.2) is 0 Å². The van der Waals surface area contributed by atoms with E-state index in [1.807, 2.05) is 0 Å². The number of thiophene rings is 1. The van der Waals surface area contributed by atoms with Crippen molar-refractivity contribution in [1.29, 1.82) is 0 Å². The van der Waals surface area contributed by atoms with E-state index in [0.29, 0.717) is 18.0 Å². The third-order valence-electron chi connectivity index (χ3n) is 3.41. The number of likely N-dealkylation sites (tertiary alicyclic amines) is 1. The number of nitrogens with zero attached hydrogens (tertiary/aromatic N) is 1. The topological polar surface area (TPSA) is 29.3 Å². The highest BCUT2D eigenvalue weighted by Gasteiger charge is 2.35. The first-order chi connectivity index (χ1) is 7.24. The SMILES string of the molecule is CC(C)N1CCC(CN)C1c1ccsc1. The van der Waals surface area contributed by atoms with E-state index < -0.39 is 0 Å². The molecule has 3 heteroatoms. The Balaban J connectivity index is 2.22. The molecule has 2 atom stereocenters. The van der Waals surface area contributed by atoms with Crippen LogP contribution in [-0.4, -0.2) is 24.0 Å². The van der Waals surface area contributed by atoms with Gasteiger partial charge in [-0.05, 0) is 61.7 Å². The zero-order chi connectivity index (χ0) is 10.8. The van der Waals surface area contributed by atoms with Crippen LogP contribution in [0, 0.1) is 5.92 Å². The third kappa shape index (κ3) is 2.10. The average Bonchev–Trinajstić information content (AvgIpc) is 2.85. The Morgan fingerprint density at radius 3 is 2.93 bits per heavy atom. The van der Waals surface area contributed by atoms with Crippen molar-refractivity contribution in [2.24, 2.45) is 11.7 Å². The first-order valence-corrected chi connectivity index (χ1v) is 6.66. The van der Waals surface area contributed by atoms with Gasteiger partial charge in [0.25, 0.3) is 0 Å². The smallest absolute Gasteiger partial charge is 0.0399 e. The highest BCUT2D eigenvalue weighted by atomic mass is 32.1. The van der Waals surface area contributed by atoms with Gasteiger partial charge >= 0.3 is 0 Å². The molecule has 2 heterocycles. The quantitative estimate of drug-likeness (QED) is 0.854. The van der Waals surface area contributed by atoms with Gasteiger partial charge in [0, 0.05) is 12.1 Å². The Hall–Kier alpha value is -0.380. The lowest BCUT2D eigenvalue weighted by atomic mass is 9.95. The zero-order valence-electron chi connectivity index (χ0n) is 9.52. The molecule has 0 radical (unpaired) electrons. The summed E-state index contributed by atoms with van der Waals surface area (Å²) in [6.45, 7) is 6.56. The first kappa shape index (κ1) is 11.1. The van der Waals surface area contributed by atoms with Crippen LogP contribution in [0.4, 0.5) is 0 Å². The summed E-state index contributed by atoms with van der Waals surface area (Å²) in [6.07, 6.45) is 1.25. The molecule has 1 fully saturated rings. The van der Waals surface area contributed by atoms with Crippen LogP contribution >= 0.6 is 11.3 Å². The highest BCUT2D eigenvalue weighted by molar-refractivity contribution is 7.07. The van der Waals surface area contributed by atoms with Crippen molar-refractivity contribution < 1.29 is 0 Å². The lowest BCUT2D eigenvalue weighted by Gasteiger charge is -2.30. The monoisotopic (exact) mass is 224 g/mol. The van der Waals surface area contributed by atoms with Gasteiger partial charge in [-0.3, -0.25) is 4.90 Å². The summed E-state index contributed by atoms with van der Waals surface area (Å²) in [5.41, 5.74) is 7.33. The van der Waals surface area contributed by atoms with Crippen LogP contribution in [-0.2, 0) is 0 Å². The zero-order valence-corrected chi connectivity index (χ0v) is 10.3. The maximum absolute atomic E-state index is 5.87. The summed E-state index contributed by atoms with van der Waals surface area (Å²) >= 11 is 1.79. The molecule has 1 aliphatic heterocycles. The van der Waals surface area contributed by atoms with Crippen molar-refractivity contribution in [2.45, 2.75) is 32.4 Å². The summed E-state index contributed by atoms with van der Waals surface area (Å²) in [7, 11) is 0. The van der Waals surface area contributed by atoms with Crippen molar-refractivity contribution in [1.82, 2.24) is 4.90 Å². The Morgan fingerprint density at radius 1 is 1.60 bits per heavy atom. The maximum Gasteiger partial charge on any atom is 0.0399 e. The van der Waals surface area contributed by atoms with E-state index in [1.54, 1.807) is 11.3 Å². The second-order valence-corrected chi connectivity index (χ2v) is 5.40. The van der Waals surface area contributed by atoms with Crippen molar-refractivity contribution in [3.63, 3.8) is 0 Å². The molecule has 2 nitrogen and oxygen atoms in total. The van der Waals surface area contributed by atoms with Crippen LogP contribution in [0.1, 0.15) is 31.9 Å². The minimum atomic E-state index is 0.557. The van der Waals surface area contributed by atoms with E-state index in [0.717, 1.165) is 6.54 Å². The van der Waals surface area contributed by atoms with E-state index in [9.17, 15) is 0 Å². The van der Waals surface area contributed by atoms with Gasteiger partial charge in [-0.15, -0.1) is 0 Å². The van der Waals surface area contributed by atoms with E-state index in [1.165, 1.54) is 18.5 Å². The molecule has 1 aromatic rings. The van der Waals surface area contributed by atoms with E-state index in [4.69, 9.17) is 5.73 Å². The molecule has 0 saturated carbocycles. The molecule has 1 saturated heterocycles. The molecule has 2 N–H and O–H groups in total. The van der Waals surface area contributed by atoms with Crippen LogP contribution in [0.2, 0.25) is 0 Å². The highest BCUT2D eigenvalue weighted by Crippen LogP contribution is 2.38. The van der Waals surface area contributed by atoms with Crippen LogP contribution in [0.3, 0.4) is 0 Å². The van der Waals surface area contributed by atoms with Gasteiger partial charge in [-0.2, -0.15) is 11.3 Å². The molecule has 2 unspecified atom stereocenters. The molecule has 0 amide bonds. The van der Waals surface area contributed by atoms with Gasteiger partial charge < -0.3 is 5.73 Å². The Morgan fingerprint density at radius 2 is 2.40 bits per heavy atom. The standard InChI is InChI=1S/C12H20N2S/c1-9(2)14-5-3-10(7-13)12(14)11-4-6-15-8-11/h4,6,8-10,12H,3,5,7,13H2,1-2H3. The van der Waals surface area contributed by atoms with Crippen LogP contribution in [0.15, 0.2) is 16.8 Å². The minimum absolute atomic E-state index is 0.557. The molecule has 15 heavy (non-hydrogen) atoms. The average molecular weight is 224 g/mol. The predicted molar refractivity (Wildman–Crippen MR) is 66.1 cm³/mol. The largest absolute Gasteiger partial charge is 0.330 e. The van der Waals surface area contributed by atoms with Crippen molar-refractivity contribution >= 4 is 11.3 Å². The second kappa shape index (κ2) is 4.64. The molecule has 1 aliphatic rings. The van der Waals surface area contributed by atoms with E-state index in [2.05, 4.69) is 35.6 Å². The fraction of sp³-hybridized carbons (Fsp3) is 0.667. The van der Waals surface area contributed by atoms with Gasteiger partial charge in [0.05, 0.1) is 0 Å². The van der Waals surface area contributed by atoms with E-state index in [-0.39, 0.29) is 0 Å². The molecular formula is C12H20N2S. The number of nitrogens with two attached hydrogens (primary N) is 1. The first-order valence-electron chi connectivity index (χ1n) is 5.72. The van der Waals surface area contributed by atoms with Gasteiger partial charge in [0.2, 0.25) is 0 Å². The molecule has 0 aromatic carbocycles. The number of hydrogen-bond acceptors (Lipinski definition) is 3. The number of hydrogen-bond donors (Lipinski definition) is 1. The van der Waals surface area contributed by atoms with Crippen molar-refractivity contribution in [2.75, 3.05) is 13.1 Å². The number of rotatable bonds is 3. The van der Waals surface area contributed by atoms with Crippen LogP contribution in [0.5, 0.6) is 0 Å². The molecule has 1 aromatic heterocycles. The Kier molecular flexibility index (Phi) is 3.44. The Bertz CT molecular complexity index is 295. The van der Waals surface area contributed by atoms with Crippen LogP contribution in [0.25, 0.3) is 0 Å². The molecule has 2 rings (SSSR count). The summed E-state index contributed by atoms with van der Waals surface area (Å²) in [5.74, 6) is 0.641. The van der Waals surface area contributed by atoms with E-state index >= 15 is 0 Å². The summed E-state index contributed by atoms with van der Waals surface area (Å²) < 4.78 is 0. The molecular weight excluding hydrogens is 204 g/mol. The van der Waals surface area contributed by atoms with Gasteiger partial charge in [-0.1, -0.05) is 0 Å². The minimum Gasteiger partial charge on any atom is -0.330 e. The molecule has 0 spiro atoms. The van der Waals surface area contributed by atoms with Crippen molar-refractivity contribution in [3.05, 3.63) is 22.4 Å². The fourth-order valence-corrected chi connectivity index (χ4v) is 3.31. The predicted octanol–water partition coefficient (Wildman–Crippen LogP) is 2.48. The normalized spacial score (nSPS) is 27.7. The Labute approximate surface area is 96.1 Å².